The maximum Gasteiger partial charge on any atom is 0.410 e. The molecule has 35 heteroatoms. The summed E-state index contributed by atoms with van der Waals surface area (Å²) in [6.07, 6.45) is 24.9. The lowest BCUT2D eigenvalue weighted by atomic mass is 9.81. The van der Waals surface area contributed by atoms with Crippen molar-refractivity contribution in [1.29, 1.82) is 0 Å². The van der Waals surface area contributed by atoms with Gasteiger partial charge in [0.25, 0.3) is 11.8 Å². The number of esters is 1. The number of cyclic esters (lactones) is 1. The third-order valence-electron chi connectivity index (χ3n) is 24.8. The van der Waals surface area contributed by atoms with Gasteiger partial charge in [0.15, 0.2) is 5.65 Å². The van der Waals surface area contributed by atoms with Gasteiger partial charge in [-0.2, -0.15) is 5.10 Å². The van der Waals surface area contributed by atoms with Crippen molar-refractivity contribution in [3.63, 3.8) is 0 Å². The number of piperazine rings is 1. The second-order valence-corrected chi connectivity index (χ2v) is 34.1. The van der Waals surface area contributed by atoms with E-state index < -0.39 is 66.2 Å². The van der Waals surface area contributed by atoms with Gasteiger partial charge >= 0.3 is 12.1 Å². The first-order valence-electron chi connectivity index (χ1n) is 45.2. The van der Waals surface area contributed by atoms with E-state index in [0.717, 1.165) is 46.3 Å². The van der Waals surface area contributed by atoms with E-state index in [0.29, 0.717) is 215 Å². The molecule has 6 aromatic rings. The number of hydrogen-bond donors (Lipinski definition) is 5. The number of nitrogen functional groups attached to an aromatic ring is 1. The number of nitrogens with one attached hydrogen (secondary N) is 3. The molecule has 0 spiro atoms. The molecule has 6 aromatic heterocycles. The number of unbranched alkanes of at least 4 members (excludes halogenated alkanes) is 1. The molecule has 2 bridgehead atoms. The molecule has 4 fully saturated rings. The summed E-state index contributed by atoms with van der Waals surface area (Å²) in [7, 11) is 3.23. The number of allylic oxidation sites excluding steroid dienone is 6. The predicted octanol–water partition coefficient (Wildman–Crippen LogP) is 8.90. The summed E-state index contributed by atoms with van der Waals surface area (Å²) in [6.45, 7) is 16.6. The number of ketones is 3. The van der Waals surface area contributed by atoms with E-state index in [9.17, 15) is 43.5 Å². The number of piperidine rings is 1. The Morgan fingerprint density at radius 2 is 1.45 bits per heavy atom. The van der Waals surface area contributed by atoms with Crippen molar-refractivity contribution in [3.8, 4) is 11.3 Å². The minimum atomic E-state index is -1.11. The van der Waals surface area contributed by atoms with E-state index >= 15 is 0 Å². The van der Waals surface area contributed by atoms with Crippen molar-refractivity contribution in [2.45, 2.75) is 218 Å². The van der Waals surface area contributed by atoms with E-state index in [2.05, 4.69) is 45.4 Å². The number of methoxy groups -OCH3 is 2. The lowest BCUT2D eigenvalue weighted by Crippen LogP contribution is -2.54. The average Bonchev–Trinajstić information content (AvgIpc) is 1.62. The fourth-order valence-electron chi connectivity index (χ4n) is 17.3. The van der Waals surface area contributed by atoms with Crippen molar-refractivity contribution >= 4 is 86.9 Å². The monoisotopic (exact) mass is 1760 g/mol. The number of anilines is 3. The Kier molecular flexibility index (Phi) is 36.3. The Hall–Kier alpha value is -10.4. The van der Waals surface area contributed by atoms with Gasteiger partial charge in [0.05, 0.1) is 100 Å². The fraction of sp³-hybridized carbons (Fsp3) is 0.609. The van der Waals surface area contributed by atoms with Gasteiger partial charge in [0.2, 0.25) is 23.6 Å². The SMILES string of the molecule is CO[C@H]1CC2CCCC(O2)C(=O)C(=O)N2CCCC[C@H]2C(=O)O[C@H](CC[C@@H]2CC[C@@H](OC(=O)N3CCc4nc(N5CCN(c6ncc(C(=O)NCCOCCOCCOCCOCCC(=O)NCCCCn7nc(-c8cnc9[nH]ccc9c8)c8c(N)ncnc87)cn6)CC5)ncc4C3)[C@H](OC)C2)CC(=O)[C@H](C)/C=C(\C)[C@@H](O)CC(=O)[C@H](C)C[C@H](C)/C=C/C=C/C=C/1C. The van der Waals surface area contributed by atoms with Crippen molar-refractivity contribution < 1.29 is 86.1 Å². The number of Topliss-reactive ketones (excluding diaryl/α,β-unsaturated/α-hetero) is 3. The molecule has 12 rings (SSSR count). The first kappa shape index (κ1) is 95.7. The number of amides is 4. The summed E-state index contributed by atoms with van der Waals surface area (Å²) >= 11 is 0. The Morgan fingerprint density at radius 3 is 2.21 bits per heavy atom. The third kappa shape index (κ3) is 27.3. The number of hydrogen-bond acceptors (Lipinski definition) is 29. The van der Waals surface area contributed by atoms with Crippen LogP contribution in [0, 0.1) is 23.7 Å². The molecule has 127 heavy (non-hydrogen) atoms. The van der Waals surface area contributed by atoms with Gasteiger partial charge in [-0.3, -0.25) is 28.8 Å². The minimum absolute atomic E-state index is 0.0349. The number of nitrogens with two attached hydrogens (primary N) is 1. The van der Waals surface area contributed by atoms with E-state index in [4.69, 9.17) is 63.4 Å². The topological polar surface area (TPSA) is 427 Å². The zero-order valence-corrected chi connectivity index (χ0v) is 74.5. The maximum absolute atomic E-state index is 14.6. The van der Waals surface area contributed by atoms with Crippen LogP contribution in [0.5, 0.6) is 0 Å². The Labute approximate surface area is 741 Å². The average molecular weight is 1760 g/mol. The summed E-state index contributed by atoms with van der Waals surface area (Å²) in [6, 6.07) is 2.90. The van der Waals surface area contributed by atoms with E-state index in [1.165, 1.54) is 23.6 Å². The maximum atomic E-state index is 14.6. The van der Waals surface area contributed by atoms with Crippen LogP contribution in [0.15, 0.2) is 97.0 Å². The highest BCUT2D eigenvalue weighted by atomic mass is 16.6. The molecule has 2 unspecified atom stereocenters. The molecule has 688 valence electrons. The third-order valence-corrected chi connectivity index (χ3v) is 24.8. The quantitative estimate of drug-likeness (QED) is 0.0121. The van der Waals surface area contributed by atoms with Crippen LogP contribution in [0.2, 0.25) is 0 Å². The summed E-state index contributed by atoms with van der Waals surface area (Å²) in [4.78, 5) is 153. The van der Waals surface area contributed by atoms with Crippen molar-refractivity contribution in [1.82, 2.24) is 70.1 Å². The zero-order chi connectivity index (χ0) is 89.7. The summed E-state index contributed by atoms with van der Waals surface area (Å²) in [5.74, 6) is -2.40. The Bertz CT molecular complexity index is 4800. The highest BCUT2D eigenvalue weighted by Crippen LogP contribution is 2.37. The largest absolute Gasteiger partial charge is 0.460 e. The van der Waals surface area contributed by atoms with E-state index in [1.54, 1.807) is 51.4 Å². The van der Waals surface area contributed by atoms with Crippen LogP contribution in [-0.4, -0.2) is 280 Å². The van der Waals surface area contributed by atoms with Crippen LogP contribution in [0.1, 0.15) is 172 Å². The van der Waals surface area contributed by atoms with Gasteiger partial charge in [0.1, 0.15) is 59.4 Å². The highest BCUT2D eigenvalue weighted by molar-refractivity contribution is 6.38. The van der Waals surface area contributed by atoms with Gasteiger partial charge in [0, 0.05) is 165 Å². The molecule has 6 aliphatic rings. The number of carbonyl (C=O) groups is 8. The minimum Gasteiger partial charge on any atom is -0.460 e. The molecular weight excluding hydrogens is 1630 g/mol. The number of pyridine rings is 1. The molecular formula is C92H127N17O18. The smallest absolute Gasteiger partial charge is 0.410 e. The second-order valence-electron chi connectivity index (χ2n) is 34.1. The number of aromatic nitrogens is 10. The molecule has 1 saturated carbocycles. The molecule has 0 aromatic carbocycles. The molecule has 1 aliphatic carbocycles. The van der Waals surface area contributed by atoms with Crippen molar-refractivity contribution in [2.75, 3.05) is 135 Å². The second kappa shape index (κ2) is 48.1. The first-order valence-corrected chi connectivity index (χ1v) is 45.2. The fourth-order valence-corrected chi connectivity index (χ4v) is 17.3. The number of ether oxygens (including phenoxy) is 9. The van der Waals surface area contributed by atoms with Crippen LogP contribution in [0.25, 0.3) is 33.3 Å². The first-order chi connectivity index (χ1) is 61.6. The summed E-state index contributed by atoms with van der Waals surface area (Å²) in [5, 5.41) is 23.6. The highest BCUT2D eigenvalue weighted by Gasteiger charge is 2.43. The zero-order valence-electron chi connectivity index (χ0n) is 74.5. The molecule has 5 aliphatic heterocycles. The number of aromatic amines is 1. The predicted molar refractivity (Wildman–Crippen MR) is 473 cm³/mol. The molecule has 4 amide bonds. The van der Waals surface area contributed by atoms with Gasteiger partial charge in [-0.1, -0.05) is 57.2 Å². The number of rotatable bonds is 30. The van der Waals surface area contributed by atoms with Crippen LogP contribution in [0.3, 0.4) is 0 Å². The Morgan fingerprint density at radius 1 is 0.701 bits per heavy atom. The number of nitrogens with zero attached hydrogens (tertiary/aromatic N) is 13. The van der Waals surface area contributed by atoms with Gasteiger partial charge < -0.3 is 88.7 Å². The number of carbonyl (C=O) groups excluding carboxylic acids is 8. The number of aliphatic hydroxyl groups is 1. The number of H-pyrrole nitrogens is 1. The van der Waals surface area contributed by atoms with Crippen LogP contribution in [0.4, 0.5) is 22.5 Å². The summed E-state index contributed by atoms with van der Waals surface area (Å²) in [5.41, 5.74) is 12.6. The molecule has 12 atom stereocenters. The normalized spacial score (nSPS) is 25.6. The summed E-state index contributed by atoms with van der Waals surface area (Å²) < 4.78 is 55.1. The molecule has 11 heterocycles. The lowest BCUT2D eigenvalue weighted by Gasteiger charge is -2.37. The number of fused-ring (bicyclic) bond motifs is 6. The number of aliphatic hydroxyl groups excluding tert-OH is 1. The molecule has 3 saturated heterocycles. The number of aryl methyl sites for hydroxylation is 1. The van der Waals surface area contributed by atoms with Crippen molar-refractivity contribution in [2.24, 2.45) is 23.7 Å². The van der Waals surface area contributed by atoms with Crippen LogP contribution >= 0.6 is 0 Å². The van der Waals surface area contributed by atoms with Gasteiger partial charge in [-0.15, -0.1) is 0 Å². The molecule has 35 nitrogen and oxygen atoms in total. The lowest BCUT2D eigenvalue weighted by molar-refractivity contribution is -0.167. The van der Waals surface area contributed by atoms with Crippen molar-refractivity contribution in [3.05, 3.63) is 114 Å². The standard InChI is InChI=1S/C92H127N17O18/c1-59-16-9-8-10-17-60(2)78(119-6)51-69-18-15-20-77(125-69)83(114)88(116)108-31-13-11-19-72(108)89(117)126-70(50-73(110)62(4)47-63(5)75(112)52-74(111)61(3)46-59)23-21-64-22-24-76(79(48-64)120-7)127-92(118)107-33-26-71-68(57-107)56-100-91(103-71)106-36-34-105(35-37-106)90-98-54-67(55-99-90)87(115)96-30-39-122-41-43-124-45-44-123-42-40-121-38-27-80(113)94-28-12-14-32-109-86-81(84(93)101-58-102-86)82(104-109)66-49-65-25-29-95-85(65)97-53-66/h8-10,16-17,25,29,47,49,53-56,58-59,61-62,64,69-70,72,75-79,112H,11-15,18-24,26-28,30-46,48,50-52,57H2,1-7H3,(H,94,113)(H,95,97)(H,96,115)(H2,93,101,102)/b10-8+,16-9+,60-17+,63-47+/t59-,61-,62-,64-,69?,70-,72+,75+,76-,77?,78+,79-/m1/s1. The van der Waals surface area contributed by atoms with E-state index in [-0.39, 0.29) is 112 Å². The van der Waals surface area contributed by atoms with E-state index in [1.807, 2.05) is 79.1 Å². The molecule has 6 N–H and O–H groups in total. The molecule has 0 radical (unpaired) electrons. The Balaban J connectivity index is 0.519. The van der Waals surface area contributed by atoms with Gasteiger partial charge in [-0.05, 0) is 139 Å². The van der Waals surface area contributed by atoms with Gasteiger partial charge in [-0.25, -0.2) is 49.2 Å². The van der Waals surface area contributed by atoms with Crippen LogP contribution in [-0.2, 0) is 90.9 Å². The van der Waals surface area contributed by atoms with Crippen LogP contribution < -0.4 is 26.2 Å².